The van der Waals surface area contributed by atoms with Gasteiger partial charge in [-0.05, 0) is 45.2 Å². The van der Waals surface area contributed by atoms with Crippen molar-refractivity contribution in [2.24, 2.45) is 0 Å². The number of nitrogens with zero attached hydrogens (tertiary/aromatic N) is 4. The zero-order valence-corrected chi connectivity index (χ0v) is 15.4. The summed E-state index contributed by atoms with van der Waals surface area (Å²) in [5.74, 6) is 1.09. The first-order valence-electron chi connectivity index (χ1n) is 9.12. The first-order valence-corrected chi connectivity index (χ1v) is 9.12. The molecule has 0 aromatic carbocycles. The first kappa shape index (κ1) is 18.1. The van der Waals surface area contributed by atoms with Crippen LogP contribution in [0, 0.1) is 6.92 Å². The SMILES string of the molecule is CCOc1ccc(C(=O)NCc2cc(C)nc(N3CCCCC3)n2)cn1. The highest BCUT2D eigenvalue weighted by molar-refractivity contribution is 5.93. The maximum absolute atomic E-state index is 12.3. The molecule has 0 aliphatic carbocycles. The number of carbonyl (C=O) groups is 1. The van der Waals surface area contributed by atoms with E-state index in [0.717, 1.165) is 30.4 Å². The van der Waals surface area contributed by atoms with Crippen LogP contribution in [0.4, 0.5) is 5.95 Å². The van der Waals surface area contributed by atoms with E-state index >= 15 is 0 Å². The van der Waals surface area contributed by atoms with Crippen LogP contribution in [-0.2, 0) is 6.54 Å². The van der Waals surface area contributed by atoms with Crippen molar-refractivity contribution in [3.05, 3.63) is 41.3 Å². The topological polar surface area (TPSA) is 80.2 Å². The minimum atomic E-state index is -0.184. The van der Waals surface area contributed by atoms with Crippen LogP contribution < -0.4 is 15.0 Å². The molecule has 1 aliphatic rings. The number of rotatable bonds is 6. The summed E-state index contributed by atoms with van der Waals surface area (Å²) in [4.78, 5) is 27.8. The van der Waals surface area contributed by atoms with Crippen LogP contribution in [0.5, 0.6) is 5.88 Å². The zero-order valence-electron chi connectivity index (χ0n) is 15.4. The van der Waals surface area contributed by atoms with Gasteiger partial charge < -0.3 is 15.0 Å². The molecule has 2 aromatic heterocycles. The maximum atomic E-state index is 12.3. The summed E-state index contributed by atoms with van der Waals surface area (Å²) in [5.41, 5.74) is 2.22. The quantitative estimate of drug-likeness (QED) is 0.857. The molecule has 0 spiro atoms. The van der Waals surface area contributed by atoms with Crippen LogP contribution in [-0.4, -0.2) is 40.6 Å². The number of carbonyl (C=O) groups excluding carboxylic acids is 1. The molecule has 1 saturated heterocycles. The van der Waals surface area contributed by atoms with E-state index in [-0.39, 0.29) is 5.91 Å². The van der Waals surface area contributed by atoms with Gasteiger partial charge in [-0.1, -0.05) is 0 Å². The lowest BCUT2D eigenvalue weighted by Crippen LogP contribution is -2.32. The third-order valence-corrected chi connectivity index (χ3v) is 4.26. The van der Waals surface area contributed by atoms with Crippen molar-refractivity contribution in [2.45, 2.75) is 39.7 Å². The number of pyridine rings is 1. The number of hydrogen-bond acceptors (Lipinski definition) is 6. The van der Waals surface area contributed by atoms with Gasteiger partial charge in [0.15, 0.2) is 0 Å². The van der Waals surface area contributed by atoms with Crippen LogP contribution >= 0.6 is 0 Å². The normalized spacial score (nSPS) is 14.2. The second-order valence-electron chi connectivity index (χ2n) is 6.35. The van der Waals surface area contributed by atoms with Crippen molar-refractivity contribution in [3.8, 4) is 5.88 Å². The van der Waals surface area contributed by atoms with Gasteiger partial charge in [-0.2, -0.15) is 0 Å². The van der Waals surface area contributed by atoms with Gasteiger partial charge in [-0.15, -0.1) is 0 Å². The molecule has 7 heteroatoms. The Labute approximate surface area is 153 Å². The summed E-state index contributed by atoms with van der Waals surface area (Å²) >= 11 is 0. The van der Waals surface area contributed by atoms with Crippen LogP contribution in [0.3, 0.4) is 0 Å². The van der Waals surface area contributed by atoms with Gasteiger partial charge in [0.05, 0.1) is 24.4 Å². The lowest BCUT2D eigenvalue weighted by Gasteiger charge is -2.27. The predicted octanol–water partition coefficient (Wildman–Crippen LogP) is 2.50. The van der Waals surface area contributed by atoms with Crippen molar-refractivity contribution in [3.63, 3.8) is 0 Å². The molecule has 2 aromatic rings. The fraction of sp³-hybridized carbons (Fsp3) is 0.474. The molecule has 3 heterocycles. The number of ether oxygens (including phenoxy) is 1. The fourth-order valence-electron chi connectivity index (χ4n) is 2.96. The lowest BCUT2D eigenvalue weighted by molar-refractivity contribution is 0.0950. The minimum Gasteiger partial charge on any atom is -0.478 e. The predicted molar refractivity (Wildman–Crippen MR) is 99.4 cm³/mol. The number of anilines is 1. The van der Waals surface area contributed by atoms with E-state index in [1.165, 1.54) is 25.5 Å². The Bertz CT molecular complexity index is 742. The molecule has 0 unspecified atom stereocenters. The van der Waals surface area contributed by atoms with E-state index in [4.69, 9.17) is 4.74 Å². The van der Waals surface area contributed by atoms with Crippen LogP contribution in [0.2, 0.25) is 0 Å². The molecule has 3 rings (SSSR count). The van der Waals surface area contributed by atoms with Gasteiger partial charge in [0.25, 0.3) is 5.91 Å². The Kier molecular flexibility index (Phi) is 5.99. The molecule has 0 atom stereocenters. The maximum Gasteiger partial charge on any atom is 0.253 e. The van der Waals surface area contributed by atoms with Crippen molar-refractivity contribution in [1.82, 2.24) is 20.3 Å². The van der Waals surface area contributed by atoms with Crippen molar-refractivity contribution in [2.75, 3.05) is 24.6 Å². The summed E-state index contributed by atoms with van der Waals surface area (Å²) in [6.07, 6.45) is 5.13. The average molecular weight is 355 g/mol. The fourth-order valence-corrected chi connectivity index (χ4v) is 2.96. The second-order valence-corrected chi connectivity index (χ2v) is 6.35. The first-order chi connectivity index (χ1) is 12.7. The smallest absolute Gasteiger partial charge is 0.253 e. The summed E-state index contributed by atoms with van der Waals surface area (Å²) in [6.45, 7) is 6.74. The third kappa shape index (κ3) is 4.68. The lowest BCUT2D eigenvalue weighted by atomic mass is 10.1. The monoisotopic (exact) mass is 355 g/mol. The summed E-state index contributed by atoms with van der Waals surface area (Å²) in [6, 6.07) is 5.31. The Morgan fingerprint density at radius 3 is 2.73 bits per heavy atom. The molecule has 0 radical (unpaired) electrons. The van der Waals surface area contributed by atoms with Crippen molar-refractivity contribution < 1.29 is 9.53 Å². The molecule has 0 bridgehead atoms. The number of amides is 1. The highest BCUT2D eigenvalue weighted by Gasteiger charge is 2.15. The molecule has 1 amide bonds. The molecular weight excluding hydrogens is 330 g/mol. The van der Waals surface area contributed by atoms with E-state index in [1.54, 1.807) is 12.1 Å². The van der Waals surface area contributed by atoms with Crippen LogP contribution in [0.1, 0.15) is 47.9 Å². The highest BCUT2D eigenvalue weighted by Crippen LogP contribution is 2.16. The standard InChI is InChI=1S/C19H25N5O2/c1-3-26-17-8-7-15(12-20-17)18(25)21-13-16-11-14(2)22-19(23-16)24-9-5-4-6-10-24/h7-8,11-12H,3-6,9-10,13H2,1-2H3,(H,21,25). The second kappa shape index (κ2) is 8.60. The molecule has 1 aliphatic heterocycles. The Balaban J connectivity index is 1.63. The Morgan fingerprint density at radius 1 is 1.23 bits per heavy atom. The highest BCUT2D eigenvalue weighted by atomic mass is 16.5. The summed E-state index contributed by atoms with van der Waals surface area (Å²) in [7, 11) is 0. The molecule has 0 saturated carbocycles. The van der Waals surface area contributed by atoms with Crippen LogP contribution in [0.15, 0.2) is 24.4 Å². The van der Waals surface area contributed by atoms with Gasteiger partial charge in [0, 0.05) is 31.0 Å². The van der Waals surface area contributed by atoms with Gasteiger partial charge in [-0.3, -0.25) is 4.79 Å². The molecule has 1 fully saturated rings. The number of hydrogen-bond donors (Lipinski definition) is 1. The molecule has 138 valence electrons. The van der Waals surface area contributed by atoms with Gasteiger partial charge >= 0.3 is 0 Å². The number of nitrogens with one attached hydrogen (secondary N) is 1. The number of aryl methyl sites for hydroxylation is 1. The molecule has 26 heavy (non-hydrogen) atoms. The molecular formula is C19H25N5O2. The third-order valence-electron chi connectivity index (χ3n) is 4.26. The Morgan fingerprint density at radius 2 is 2.04 bits per heavy atom. The van der Waals surface area contributed by atoms with Crippen molar-refractivity contribution >= 4 is 11.9 Å². The van der Waals surface area contributed by atoms with E-state index in [2.05, 4.69) is 25.2 Å². The van der Waals surface area contributed by atoms with Gasteiger partial charge in [0.2, 0.25) is 11.8 Å². The molecule has 7 nitrogen and oxygen atoms in total. The van der Waals surface area contributed by atoms with E-state index < -0.39 is 0 Å². The summed E-state index contributed by atoms with van der Waals surface area (Å²) < 4.78 is 5.29. The van der Waals surface area contributed by atoms with E-state index in [9.17, 15) is 4.79 Å². The number of piperidine rings is 1. The van der Waals surface area contributed by atoms with Crippen molar-refractivity contribution in [1.29, 1.82) is 0 Å². The van der Waals surface area contributed by atoms with Gasteiger partial charge in [0.1, 0.15) is 0 Å². The number of aromatic nitrogens is 3. The van der Waals surface area contributed by atoms with E-state index in [0.29, 0.717) is 24.6 Å². The molecule has 1 N–H and O–H groups in total. The Hall–Kier alpha value is -2.70. The minimum absolute atomic E-state index is 0.184. The average Bonchev–Trinajstić information content (AvgIpc) is 2.67. The largest absolute Gasteiger partial charge is 0.478 e. The van der Waals surface area contributed by atoms with Crippen LogP contribution in [0.25, 0.3) is 0 Å². The summed E-state index contributed by atoms with van der Waals surface area (Å²) in [5, 5.41) is 2.90. The van der Waals surface area contributed by atoms with E-state index in [1.807, 2.05) is 19.9 Å². The van der Waals surface area contributed by atoms with Gasteiger partial charge in [-0.25, -0.2) is 15.0 Å². The zero-order chi connectivity index (χ0) is 18.4.